The summed E-state index contributed by atoms with van der Waals surface area (Å²) in [4.78, 5) is 22.7. The van der Waals surface area contributed by atoms with Gasteiger partial charge in [0, 0.05) is 37.1 Å². The first-order chi connectivity index (χ1) is 9.05. The lowest BCUT2D eigenvalue weighted by Crippen LogP contribution is -2.50. The summed E-state index contributed by atoms with van der Waals surface area (Å²) >= 11 is 0. The average Bonchev–Trinajstić information content (AvgIpc) is 2.48. The third kappa shape index (κ3) is 1.88. The molecule has 1 heterocycles. The van der Waals surface area contributed by atoms with Crippen molar-refractivity contribution in [3.63, 3.8) is 0 Å². The van der Waals surface area contributed by atoms with Gasteiger partial charge in [-0.2, -0.15) is 0 Å². The highest BCUT2D eigenvalue weighted by atomic mass is 32.2. The minimum Gasteiger partial charge on any atom is -0.303 e. The molecule has 0 unspecified atom stereocenters. The van der Waals surface area contributed by atoms with Gasteiger partial charge in [-0.25, -0.2) is 21.5 Å². The molecule has 0 bridgehead atoms. The lowest BCUT2D eigenvalue weighted by atomic mass is 9.68. The van der Waals surface area contributed by atoms with Gasteiger partial charge in [-0.3, -0.25) is 4.79 Å². The van der Waals surface area contributed by atoms with Gasteiger partial charge in [0.15, 0.2) is 0 Å². The predicted molar refractivity (Wildman–Crippen MR) is 66.5 cm³/mol. The number of nitrogens with zero attached hydrogens (tertiary/aromatic N) is 1. The van der Waals surface area contributed by atoms with Crippen molar-refractivity contribution in [2.45, 2.75) is 44.4 Å². The molecule has 1 saturated carbocycles. The highest BCUT2D eigenvalue weighted by Gasteiger charge is 2.64. The third-order valence-corrected chi connectivity index (χ3v) is 7.03. The Morgan fingerprint density at radius 1 is 1.35 bits per heavy atom. The second kappa shape index (κ2) is 4.47. The summed E-state index contributed by atoms with van der Waals surface area (Å²) in [7, 11) is -4.13. The first-order valence-electron chi connectivity index (χ1n) is 6.42. The molecule has 20 heavy (non-hydrogen) atoms. The number of carbonyl (C=O) groups excluding carboxylic acids is 2. The molecule has 0 radical (unpaired) electrons. The zero-order valence-corrected chi connectivity index (χ0v) is 12.2. The molecule has 5 atom stereocenters. The number of hydrogen-bond donors (Lipinski definition) is 0. The van der Waals surface area contributed by atoms with E-state index in [0.717, 1.165) is 6.92 Å². The van der Waals surface area contributed by atoms with Gasteiger partial charge in [-0.1, -0.05) is 6.92 Å². The van der Waals surface area contributed by atoms with E-state index in [1.165, 1.54) is 13.8 Å². The van der Waals surface area contributed by atoms with Crippen LogP contribution in [-0.2, 0) is 19.6 Å². The SMILES string of the molecule is CC(=O)N1[C@H](C)[C@H]2[C@@H](C=O)[C@H](C)C(F)(F)C[C@H]2S1(=O)=O. The normalized spacial score (nSPS) is 42.0. The van der Waals surface area contributed by atoms with Gasteiger partial charge in [0.1, 0.15) is 6.29 Å². The van der Waals surface area contributed by atoms with Crippen LogP contribution >= 0.6 is 0 Å². The van der Waals surface area contributed by atoms with Crippen molar-refractivity contribution in [1.29, 1.82) is 0 Å². The molecule has 2 fully saturated rings. The molecule has 1 aliphatic carbocycles. The number of rotatable bonds is 1. The van der Waals surface area contributed by atoms with Crippen molar-refractivity contribution in [2.24, 2.45) is 17.8 Å². The zero-order chi connectivity index (χ0) is 15.5. The van der Waals surface area contributed by atoms with Crippen molar-refractivity contribution in [3.8, 4) is 0 Å². The number of sulfonamides is 1. The molecule has 0 aromatic rings. The van der Waals surface area contributed by atoms with E-state index in [-0.39, 0.29) is 0 Å². The molecule has 1 aliphatic heterocycles. The Labute approximate surface area is 116 Å². The highest BCUT2D eigenvalue weighted by Crippen LogP contribution is 2.52. The number of alkyl halides is 2. The van der Waals surface area contributed by atoms with Crippen LogP contribution in [0.2, 0.25) is 0 Å². The van der Waals surface area contributed by atoms with E-state index in [4.69, 9.17) is 0 Å². The topological polar surface area (TPSA) is 71.5 Å². The van der Waals surface area contributed by atoms with Crippen LogP contribution in [0, 0.1) is 17.8 Å². The fourth-order valence-corrected chi connectivity index (χ4v) is 6.09. The maximum atomic E-state index is 13.9. The van der Waals surface area contributed by atoms with E-state index in [0.29, 0.717) is 10.6 Å². The Morgan fingerprint density at radius 2 is 1.90 bits per heavy atom. The number of carbonyl (C=O) groups is 2. The average molecular weight is 309 g/mol. The summed E-state index contributed by atoms with van der Waals surface area (Å²) in [5.74, 6) is -7.00. The molecule has 8 heteroatoms. The summed E-state index contributed by atoms with van der Waals surface area (Å²) in [6.07, 6.45) is -0.426. The van der Waals surface area contributed by atoms with Crippen LogP contribution in [0.3, 0.4) is 0 Å². The van der Waals surface area contributed by atoms with Crippen molar-refractivity contribution in [3.05, 3.63) is 0 Å². The van der Waals surface area contributed by atoms with E-state index < -0.39 is 57.3 Å². The first kappa shape index (κ1) is 15.3. The minimum absolute atomic E-state index is 0.408. The predicted octanol–water partition coefficient (Wildman–Crippen LogP) is 1.04. The van der Waals surface area contributed by atoms with Crippen molar-refractivity contribution in [1.82, 2.24) is 4.31 Å². The standard InChI is InChI=1S/C12H17F2NO4S/c1-6-9(5-16)11-7(2)15(8(3)17)20(18,19)10(11)4-12(6,13)14/h5-7,9-11H,4H2,1-3H3/t6-,7+,9-,10+,11-/m0/s1. The van der Waals surface area contributed by atoms with Gasteiger partial charge in [0.05, 0.1) is 5.25 Å². The minimum atomic E-state index is -4.13. The monoisotopic (exact) mass is 309 g/mol. The number of hydrogen-bond acceptors (Lipinski definition) is 4. The van der Waals surface area contributed by atoms with E-state index >= 15 is 0 Å². The second-order valence-electron chi connectivity index (χ2n) is 5.68. The molecular formula is C12H17F2NO4S. The molecule has 0 aromatic heterocycles. The number of halogens is 2. The Hall–Kier alpha value is -1.05. The van der Waals surface area contributed by atoms with Crippen LogP contribution < -0.4 is 0 Å². The molecule has 0 spiro atoms. The van der Waals surface area contributed by atoms with Crippen LogP contribution in [0.1, 0.15) is 27.2 Å². The first-order valence-corrected chi connectivity index (χ1v) is 7.93. The Balaban J connectivity index is 2.56. The van der Waals surface area contributed by atoms with Gasteiger partial charge in [0.2, 0.25) is 15.9 Å². The van der Waals surface area contributed by atoms with Crippen LogP contribution in [-0.4, -0.2) is 42.1 Å². The maximum absolute atomic E-state index is 13.9. The molecule has 1 saturated heterocycles. The summed E-state index contributed by atoms with van der Waals surface area (Å²) in [6.45, 7) is 3.84. The smallest absolute Gasteiger partial charge is 0.252 e. The molecule has 2 rings (SSSR count). The number of aldehydes is 1. The number of amides is 1. The summed E-state index contributed by atoms with van der Waals surface area (Å²) in [5.41, 5.74) is 0. The number of fused-ring (bicyclic) bond motifs is 1. The summed E-state index contributed by atoms with van der Waals surface area (Å²) in [6, 6.07) is -0.767. The van der Waals surface area contributed by atoms with E-state index in [9.17, 15) is 26.8 Å². The lowest BCUT2D eigenvalue weighted by molar-refractivity contribution is -0.140. The van der Waals surface area contributed by atoms with Crippen LogP contribution in [0.25, 0.3) is 0 Å². The van der Waals surface area contributed by atoms with Crippen LogP contribution in [0.4, 0.5) is 8.78 Å². The molecular weight excluding hydrogens is 292 g/mol. The van der Waals surface area contributed by atoms with Crippen LogP contribution in [0.5, 0.6) is 0 Å². The molecule has 1 amide bonds. The molecule has 0 N–H and O–H groups in total. The maximum Gasteiger partial charge on any atom is 0.252 e. The lowest BCUT2D eigenvalue weighted by Gasteiger charge is -2.40. The summed E-state index contributed by atoms with van der Waals surface area (Å²) < 4.78 is 53.1. The zero-order valence-electron chi connectivity index (χ0n) is 11.4. The molecule has 0 aromatic carbocycles. The van der Waals surface area contributed by atoms with Crippen LogP contribution in [0.15, 0.2) is 0 Å². The van der Waals surface area contributed by atoms with E-state index in [1.54, 1.807) is 0 Å². The highest BCUT2D eigenvalue weighted by molar-refractivity contribution is 7.90. The molecule has 5 nitrogen and oxygen atoms in total. The second-order valence-corrected chi connectivity index (χ2v) is 7.71. The van der Waals surface area contributed by atoms with Gasteiger partial charge in [-0.15, -0.1) is 0 Å². The Morgan fingerprint density at radius 3 is 2.35 bits per heavy atom. The van der Waals surface area contributed by atoms with Gasteiger partial charge < -0.3 is 4.79 Å². The van der Waals surface area contributed by atoms with Gasteiger partial charge in [0.25, 0.3) is 5.92 Å². The van der Waals surface area contributed by atoms with Crippen molar-refractivity contribution >= 4 is 22.2 Å². The largest absolute Gasteiger partial charge is 0.303 e. The Bertz CT molecular complexity index is 548. The fourth-order valence-electron chi connectivity index (χ4n) is 3.60. The summed E-state index contributed by atoms with van der Waals surface area (Å²) in [5, 5.41) is -1.37. The Kier molecular flexibility index (Phi) is 3.43. The van der Waals surface area contributed by atoms with Crippen molar-refractivity contribution < 1.29 is 26.8 Å². The van der Waals surface area contributed by atoms with E-state index in [2.05, 4.69) is 0 Å². The van der Waals surface area contributed by atoms with Gasteiger partial charge in [-0.05, 0) is 6.92 Å². The molecule has 2 aliphatic rings. The van der Waals surface area contributed by atoms with E-state index in [1.807, 2.05) is 0 Å². The fraction of sp³-hybridized carbons (Fsp3) is 0.833. The molecule has 114 valence electrons. The van der Waals surface area contributed by atoms with Crippen molar-refractivity contribution in [2.75, 3.05) is 0 Å². The van der Waals surface area contributed by atoms with Gasteiger partial charge >= 0.3 is 0 Å². The third-order valence-electron chi connectivity index (χ3n) is 4.64. The quantitative estimate of drug-likeness (QED) is 0.679.